The summed E-state index contributed by atoms with van der Waals surface area (Å²) in [4.78, 5) is 16.4. The Balaban J connectivity index is 1.95. The van der Waals surface area contributed by atoms with Gasteiger partial charge in [0.1, 0.15) is 18.1 Å². The van der Waals surface area contributed by atoms with E-state index in [0.29, 0.717) is 24.7 Å². The molecule has 7 heteroatoms. The van der Waals surface area contributed by atoms with Gasteiger partial charge in [0.15, 0.2) is 5.96 Å². The van der Waals surface area contributed by atoms with E-state index in [4.69, 9.17) is 0 Å². The summed E-state index contributed by atoms with van der Waals surface area (Å²) >= 11 is 0. The van der Waals surface area contributed by atoms with Crippen LogP contribution in [-0.4, -0.2) is 36.6 Å². The second-order valence-electron chi connectivity index (χ2n) is 7.04. The molecule has 0 aliphatic carbocycles. The Labute approximate surface area is 164 Å². The molecule has 0 aromatic heterocycles. The fraction of sp³-hybridized carbons (Fsp3) is 0.333. The van der Waals surface area contributed by atoms with Crippen LogP contribution in [0.3, 0.4) is 0 Å². The molecule has 150 valence electrons. The smallest absolute Gasteiger partial charge is 0.246 e. The van der Waals surface area contributed by atoms with Crippen LogP contribution in [0.15, 0.2) is 53.5 Å². The van der Waals surface area contributed by atoms with Gasteiger partial charge in [-0.05, 0) is 48.9 Å². The molecule has 0 fully saturated rings. The Kier molecular flexibility index (Phi) is 7.37. The monoisotopic (exact) mass is 386 g/mol. The van der Waals surface area contributed by atoms with E-state index in [2.05, 4.69) is 20.9 Å². The van der Waals surface area contributed by atoms with Crippen molar-refractivity contribution in [3.63, 3.8) is 0 Å². The van der Waals surface area contributed by atoms with Crippen molar-refractivity contribution >= 4 is 17.6 Å². The molecule has 0 aliphatic heterocycles. The third kappa shape index (κ3) is 6.57. The van der Waals surface area contributed by atoms with Crippen LogP contribution < -0.4 is 16.0 Å². The van der Waals surface area contributed by atoms with Crippen molar-refractivity contribution in [3.8, 4) is 5.75 Å². The number of phenols is 1. The van der Waals surface area contributed by atoms with Crippen molar-refractivity contribution in [3.05, 3.63) is 59.9 Å². The van der Waals surface area contributed by atoms with Crippen molar-refractivity contribution in [2.75, 3.05) is 25.0 Å². The average Bonchev–Trinajstić information content (AvgIpc) is 2.66. The molecule has 1 amide bonds. The number of hydrogen-bond donors (Lipinski definition) is 4. The summed E-state index contributed by atoms with van der Waals surface area (Å²) < 4.78 is 13.5. The number of aliphatic imine (C=N–C) groups is 1. The number of benzene rings is 2. The van der Waals surface area contributed by atoms with Crippen LogP contribution >= 0.6 is 0 Å². The third-order valence-corrected chi connectivity index (χ3v) is 4.18. The number of carbonyl (C=O) groups is 1. The Morgan fingerprint density at radius 2 is 1.86 bits per heavy atom. The molecule has 0 radical (unpaired) electrons. The second kappa shape index (κ2) is 9.73. The van der Waals surface area contributed by atoms with Crippen LogP contribution in [0, 0.1) is 5.82 Å². The summed E-state index contributed by atoms with van der Waals surface area (Å²) in [6.45, 7) is 7.06. The van der Waals surface area contributed by atoms with Gasteiger partial charge < -0.3 is 21.1 Å². The summed E-state index contributed by atoms with van der Waals surface area (Å²) in [5.41, 5.74) is 1.14. The Bertz CT molecular complexity index is 819. The van der Waals surface area contributed by atoms with Crippen LogP contribution in [0.4, 0.5) is 10.1 Å². The molecule has 6 nitrogen and oxygen atoms in total. The molecule has 0 saturated heterocycles. The molecule has 0 heterocycles. The first kappa shape index (κ1) is 21.2. The van der Waals surface area contributed by atoms with Gasteiger partial charge in [-0.15, -0.1) is 0 Å². The zero-order valence-electron chi connectivity index (χ0n) is 16.4. The summed E-state index contributed by atoms with van der Waals surface area (Å²) in [5, 5.41) is 18.3. The zero-order chi connectivity index (χ0) is 20.6. The minimum Gasteiger partial charge on any atom is -0.508 e. The lowest BCUT2D eigenvalue weighted by Gasteiger charge is -2.26. The number of rotatable bonds is 7. The van der Waals surface area contributed by atoms with E-state index in [1.807, 2.05) is 26.8 Å². The van der Waals surface area contributed by atoms with Gasteiger partial charge in [0.25, 0.3) is 0 Å². The maximum absolute atomic E-state index is 13.5. The van der Waals surface area contributed by atoms with E-state index in [9.17, 15) is 14.3 Å². The predicted molar refractivity (Wildman–Crippen MR) is 110 cm³/mol. The predicted octanol–water partition coefficient (Wildman–Crippen LogP) is 3.00. The number of anilines is 1. The van der Waals surface area contributed by atoms with Gasteiger partial charge in [-0.25, -0.2) is 9.38 Å². The molecule has 4 N–H and O–H groups in total. The summed E-state index contributed by atoms with van der Waals surface area (Å²) in [6.07, 6.45) is 0. The van der Waals surface area contributed by atoms with Crippen molar-refractivity contribution in [2.24, 2.45) is 4.99 Å². The average molecular weight is 386 g/mol. The molecule has 0 aliphatic rings. The second-order valence-corrected chi connectivity index (χ2v) is 7.04. The number of phenolic OH excluding ortho intramolecular Hbond substituents is 1. The molecule has 0 unspecified atom stereocenters. The van der Waals surface area contributed by atoms with E-state index in [0.717, 1.165) is 5.56 Å². The topological polar surface area (TPSA) is 85.8 Å². The van der Waals surface area contributed by atoms with Gasteiger partial charge in [-0.3, -0.25) is 4.79 Å². The Morgan fingerprint density at radius 1 is 1.14 bits per heavy atom. The van der Waals surface area contributed by atoms with Gasteiger partial charge in [0.2, 0.25) is 5.91 Å². The van der Waals surface area contributed by atoms with Gasteiger partial charge in [-0.1, -0.05) is 26.0 Å². The van der Waals surface area contributed by atoms with Gasteiger partial charge in [0, 0.05) is 24.2 Å². The minimum absolute atomic E-state index is 0.0589. The fourth-order valence-electron chi connectivity index (χ4n) is 2.55. The minimum atomic E-state index is -0.327. The first-order valence-corrected chi connectivity index (χ1v) is 9.17. The summed E-state index contributed by atoms with van der Waals surface area (Å²) in [5.74, 6) is 0.104. The first-order chi connectivity index (χ1) is 13.3. The number of nitrogens with one attached hydrogen (secondary N) is 3. The highest BCUT2D eigenvalue weighted by atomic mass is 19.1. The van der Waals surface area contributed by atoms with Crippen LogP contribution in [0.2, 0.25) is 0 Å². The molecular formula is C21H27FN4O2. The molecule has 0 bridgehead atoms. The number of hydrogen-bond acceptors (Lipinski definition) is 3. The first-order valence-electron chi connectivity index (χ1n) is 9.17. The zero-order valence-corrected chi connectivity index (χ0v) is 16.4. The maximum Gasteiger partial charge on any atom is 0.246 e. The van der Waals surface area contributed by atoms with E-state index in [-0.39, 0.29) is 29.4 Å². The number of carbonyl (C=O) groups excluding carboxylic acids is 1. The van der Waals surface area contributed by atoms with E-state index >= 15 is 0 Å². The summed E-state index contributed by atoms with van der Waals surface area (Å²) in [6, 6.07) is 12.8. The lowest BCUT2D eigenvalue weighted by Crippen LogP contribution is -2.43. The molecule has 0 atom stereocenters. The highest BCUT2D eigenvalue weighted by Gasteiger charge is 2.21. The Morgan fingerprint density at radius 3 is 2.50 bits per heavy atom. The quantitative estimate of drug-likeness (QED) is 0.335. The van der Waals surface area contributed by atoms with Crippen LogP contribution in [0.1, 0.15) is 26.3 Å². The van der Waals surface area contributed by atoms with Gasteiger partial charge in [-0.2, -0.15) is 0 Å². The fourth-order valence-corrected chi connectivity index (χ4v) is 2.55. The molecular weight excluding hydrogens is 359 g/mol. The lowest BCUT2D eigenvalue weighted by atomic mass is 9.84. The van der Waals surface area contributed by atoms with E-state index < -0.39 is 0 Å². The molecule has 28 heavy (non-hydrogen) atoms. The molecule has 2 rings (SSSR count). The SMILES string of the molecule is CCNC(=NCC(=O)Nc1ccc(O)cc1)NCC(C)(C)c1cccc(F)c1. The van der Waals surface area contributed by atoms with Crippen molar-refractivity contribution in [1.82, 2.24) is 10.6 Å². The van der Waals surface area contributed by atoms with Crippen molar-refractivity contribution in [2.45, 2.75) is 26.2 Å². The molecule has 2 aromatic rings. The molecule has 2 aromatic carbocycles. The van der Waals surface area contributed by atoms with E-state index in [1.54, 1.807) is 18.2 Å². The lowest BCUT2D eigenvalue weighted by molar-refractivity contribution is -0.114. The van der Waals surface area contributed by atoms with Crippen LogP contribution in [0.5, 0.6) is 5.75 Å². The number of nitrogens with zero attached hydrogens (tertiary/aromatic N) is 1. The van der Waals surface area contributed by atoms with E-state index in [1.165, 1.54) is 24.3 Å². The molecule has 0 saturated carbocycles. The third-order valence-electron chi connectivity index (χ3n) is 4.18. The maximum atomic E-state index is 13.5. The van der Waals surface area contributed by atoms with Crippen LogP contribution in [0.25, 0.3) is 0 Å². The normalized spacial score (nSPS) is 11.8. The van der Waals surface area contributed by atoms with Gasteiger partial charge in [0.05, 0.1) is 0 Å². The van der Waals surface area contributed by atoms with Crippen LogP contribution in [-0.2, 0) is 10.2 Å². The van der Waals surface area contributed by atoms with Crippen molar-refractivity contribution < 1.29 is 14.3 Å². The number of guanidine groups is 1. The number of amides is 1. The highest BCUT2D eigenvalue weighted by Crippen LogP contribution is 2.22. The molecule has 0 spiro atoms. The number of halogens is 1. The summed E-state index contributed by atoms with van der Waals surface area (Å²) in [7, 11) is 0. The largest absolute Gasteiger partial charge is 0.508 e. The van der Waals surface area contributed by atoms with Gasteiger partial charge >= 0.3 is 0 Å². The number of aromatic hydroxyl groups is 1. The van der Waals surface area contributed by atoms with Crippen molar-refractivity contribution in [1.29, 1.82) is 0 Å². The standard InChI is InChI=1S/C21H27FN4O2/c1-4-23-20(24-13-19(28)26-17-8-10-18(27)11-9-17)25-14-21(2,3)15-6-5-7-16(22)12-15/h5-12,27H,4,13-14H2,1-3H3,(H,26,28)(H2,23,24,25). The highest BCUT2D eigenvalue weighted by molar-refractivity contribution is 5.94. The Hall–Kier alpha value is -3.09.